The predicted octanol–water partition coefficient (Wildman–Crippen LogP) is 2.26. The van der Waals surface area contributed by atoms with Gasteiger partial charge in [0.05, 0.1) is 11.6 Å². The van der Waals surface area contributed by atoms with Gasteiger partial charge in [-0.25, -0.2) is 14.6 Å². The molecule has 8 heteroatoms. The number of hydrogen-bond acceptors (Lipinski definition) is 5. The average molecular weight is 340 g/mol. The summed E-state index contributed by atoms with van der Waals surface area (Å²) in [5.41, 5.74) is -0.507. The van der Waals surface area contributed by atoms with Gasteiger partial charge in [-0.1, -0.05) is 0 Å². The fraction of sp³-hybridized carbons (Fsp3) is 0.667. The second-order valence-corrected chi connectivity index (χ2v) is 7.90. The standard InChI is InChI=1S/C15H24N4O3S/c1-10-16-7-12(23-10)8-17-13(20)18-11-5-6-19(9-11)14(21)22-15(2,3)4/h7,11H,5-6,8-9H2,1-4H3,(H2,17,18,20)/t11-/m1/s1. The highest BCUT2D eigenvalue weighted by Crippen LogP contribution is 2.15. The van der Waals surface area contributed by atoms with E-state index in [1.54, 1.807) is 22.4 Å². The molecular formula is C15H24N4O3S. The van der Waals surface area contributed by atoms with Crippen molar-refractivity contribution in [2.45, 2.75) is 52.3 Å². The Kier molecular flexibility index (Phi) is 5.46. The van der Waals surface area contributed by atoms with Gasteiger partial charge in [0, 0.05) is 30.2 Å². The van der Waals surface area contributed by atoms with Gasteiger partial charge in [0.1, 0.15) is 5.60 Å². The van der Waals surface area contributed by atoms with E-state index in [9.17, 15) is 9.59 Å². The number of nitrogens with zero attached hydrogens (tertiary/aromatic N) is 2. The quantitative estimate of drug-likeness (QED) is 0.884. The highest BCUT2D eigenvalue weighted by atomic mass is 32.1. The number of carbonyl (C=O) groups excluding carboxylic acids is 2. The van der Waals surface area contributed by atoms with Crippen molar-refractivity contribution in [3.8, 4) is 0 Å². The topological polar surface area (TPSA) is 83.6 Å². The molecule has 0 spiro atoms. The minimum Gasteiger partial charge on any atom is -0.444 e. The van der Waals surface area contributed by atoms with E-state index in [4.69, 9.17) is 4.74 Å². The summed E-state index contributed by atoms with van der Waals surface area (Å²) in [7, 11) is 0. The van der Waals surface area contributed by atoms with Crippen molar-refractivity contribution >= 4 is 23.5 Å². The Morgan fingerprint density at radius 1 is 1.48 bits per heavy atom. The maximum absolute atomic E-state index is 12.0. The Morgan fingerprint density at radius 3 is 2.83 bits per heavy atom. The third-order valence-corrected chi connectivity index (χ3v) is 4.18. The highest BCUT2D eigenvalue weighted by molar-refractivity contribution is 7.11. The zero-order valence-corrected chi connectivity index (χ0v) is 14.8. The van der Waals surface area contributed by atoms with Gasteiger partial charge in [-0.3, -0.25) is 0 Å². The number of aryl methyl sites for hydroxylation is 1. The molecule has 0 bridgehead atoms. The first-order valence-electron chi connectivity index (χ1n) is 7.66. The van der Waals surface area contributed by atoms with Crippen molar-refractivity contribution in [2.75, 3.05) is 13.1 Å². The zero-order chi connectivity index (χ0) is 17.0. The molecule has 1 aromatic heterocycles. The van der Waals surface area contributed by atoms with Crippen LogP contribution in [0.2, 0.25) is 0 Å². The van der Waals surface area contributed by atoms with Crippen molar-refractivity contribution in [1.29, 1.82) is 0 Å². The molecule has 0 radical (unpaired) electrons. The van der Waals surface area contributed by atoms with Crippen LogP contribution >= 0.6 is 11.3 Å². The molecule has 0 saturated carbocycles. The Bertz CT molecular complexity index is 567. The van der Waals surface area contributed by atoms with Crippen molar-refractivity contribution in [2.24, 2.45) is 0 Å². The van der Waals surface area contributed by atoms with E-state index in [-0.39, 0.29) is 18.2 Å². The summed E-state index contributed by atoms with van der Waals surface area (Å²) in [6, 6.07) is -0.280. The van der Waals surface area contributed by atoms with Gasteiger partial charge in [-0.15, -0.1) is 11.3 Å². The number of amides is 3. The van der Waals surface area contributed by atoms with Crippen LogP contribution in [0.15, 0.2) is 6.20 Å². The molecule has 0 unspecified atom stereocenters. The molecule has 128 valence electrons. The van der Waals surface area contributed by atoms with E-state index in [1.165, 1.54) is 0 Å². The minimum absolute atomic E-state index is 0.0503. The Hall–Kier alpha value is -1.83. The van der Waals surface area contributed by atoms with Crippen LogP contribution in [-0.2, 0) is 11.3 Å². The largest absolute Gasteiger partial charge is 0.444 e. The van der Waals surface area contributed by atoms with E-state index in [1.807, 2.05) is 27.7 Å². The van der Waals surface area contributed by atoms with Gasteiger partial charge in [0.15, 0.2) is 0 Å². The maximum atomic E-state index is 12.0. The number of likely N-dealkylation sites (tertiary alicyclic amines) is 1. The van der Waals surface area contributed by atoms with Crippen molar-refractivity contribution in [3.63, 3.8) is 0 Å². The predicted molar refractivity (Wildman–Crippen MR) is 88.4 cm³/mol. The highest BCUT2D eigenvalue weighted by Gasteiger charge is 2.30. The fourth-order valence-corrected chi connectivity index (χ4v) is 3.00. The van der Waals surface area contributed by atoms with Crippen molar-refractivity contribution in [1.82, 2.24) is 20.5 Å². The number of aromatic nitrogens is 1. The smallest absolute Gasteiger partial charge is 0.410 e. The van der Waals surface area contributed by atoms with Crippen LogP contribution in [0.1, 0.15) is 37.1 Å². The van der Waals surface area contributed by atoms with Crippen LogP contribution in [-0.4, -0.2) is 46.7 Å². The molecule has 1 saturated heterocycles. The minimum atomic E-state index is -0.507. The third-order valence-electron chi connectivity index (χ3n) is 3.27. The molecule has 2 N–H and O–H groups in total. The molecule has 1 fully saturated rings. The summed E-state index contributed by atoms with van der Waals surface area (Å²) < 4.78 is 5.34. The number of carbonyl (C=O) groups is 2. The van der Waals surface area contributed by atoms with Crippen LogP contribution in [0, 0.1) is 6.92 Å². The lowest BCUT2D eigenvalue weighted by Gasteiger charge is -2.24. The SMILES string of the molecule is Cc1ncc(CNC(=O)N[C@@H]2CCN(C(=O)OC(C)(C)C)C2)s1. The van der Waals surface area contributed by atoms with E-state index in [0.29, 0.717) is 19.6 Å². The summed E-state index contributed by atoms with van der Waals surface area (Å²) in [5, 5.41) is 6.67. The molecule has 2 rings (SSSR count). The van der Waals surface area contributed by atoms with Crippen molar-refractivity contribution < 1.29 is 14.3 Å². The summed E-state index contributed by atoms with van der Waals surface area (Å²) in [6.07, 6.45) is 2.16. The Labute approximate surface area is 140 Å². The molecule has 2 heterocycles. The number of nitrogens with one attached hydrogen (secondary N) is 2. The van der Waals surface area contributed by atoms with Crippen LogP contribution in [0.4, 0.5) is 9.59 Å². The van der Waals surface area contributed by atoms with Crippen LogP contribution in [0.3, 0.4) is 0 Å². The average Bonchev–Trinajstić information content (AvgIpc) is 3.04. The van der Waals surface area contributed by atoms with Crippen molar-refractivity contribution in [3.05, 3.63) is 16.1 Å². The Balaban J connectivity index is 1.72. The number of rotatable bonds is 3. The molecule has 7 nitrogen and oxygen atoms in total. The van der Waals surface area contributed by atoms with Gasteiger partial charge < -0.3 is 20.3 Å². The zero-order valence-electron chi connectivity index (χ0n) is 14.0. The van der Waals surface area contributed by atoms with E-state index in [0.717, 1.165) is 16.3 Å². The number of thiazole rings is 1. The van der Waals surface area contributed by atoms with E-state index < -0.39 is 5.60 Å². The number of hydrogen-bond donors (Lipinski definition) is 2. The molecule has 3 amide bonds. The van der Waals surface area contributed by atoms with Gasteiger partial charge in [0.2, 0.25) is 0 Å². The lowest BCUT2D eigenvalue weighted by molar-refractivity contribution is 0.0291. The molecule has 1 aliphatic heterocycles. The summed E-state index contributed by atoms with van der Waals surface area (Å²) >= 11 is 1.56. The third kappa shape index (κ3) is 5.70. The molecule has 23 heavy (non-hydrogen) atoms. The number of urea groups is 1. The van der Waals surface area contributed by atoms with Gasteiger partial charge in [0.25, 0.3) is 0 Å². The second kappa shape index (κ2) is 7.16. The van der Waals surface area contributed by atoms with Crippen LogP contribution < -0.4 is 10.6 Å². The van der Waals surface area contributed by atoms with Gasteiger partial charge in [-0.2, -0.15) is 0 Å². The summed E-state index contributed by atoms with van der Waals surface area (Å²) in [4.78, 5) is 30.7. The lowest BCUT2D eigenvalue weighted by Crippen LogP contribution is -2.44. The normalized spacial score (nSPS) is 17.9. The molecule has 1 atom stereocenters. The lowest BCUT2D eigenvalue weighted by atomic mass is 10.2. The summed E-state index contributed by atoms with van der Waals surface area (Å²) in [6.45, 7) is 8.97. The Morgan fingerprint density at radius 2 is 2.22 bits per heavy atom. The van der Waals surface area contributed by atoms with Crippen LogP contribution in [0.25, 0.3) is 0 Å². The monoisotopic (exact) mass is 340 g/mol. The maximum Gasteiger partial charge on any atom is 0.410 e. The number of ether oxygens (including phenoxy) is 1. The molecule has 0 aliphatic carbocycles. The second-order valence-electron chi connectivity index (χ2n) is 6.58. The first-order chi connectivity index (χ1) is 10.7. The molecular weight excluding hydrogens is 316 g/mol. The molecule has 0 aromatic carbocycles. The molecule has 1 aromatic rings. The first kappa shape index (κ1) is 17.5. The van der Waals surface area contributed by atoms with Crippen LogP contribution in [0.5, 0.6) is 0 Å². The summed E-state index contributed by atoms with van der Waals surface area (Å²) in [5.74, 6) is 0. The first-order valence-corrected chi connectivity index (χ1v) is 8.48. The fourth-order valence-electron chi connectivity index (χ4n) is 2.26. The van der Waals surface area contributed by atoms with E-state index in [2.05, 4.69) is 15.6 Å². The van der Waals surface area contributed by atoms with Gasteiger partial charge in [-0.05, 0) is 34.1 Å². The van der Waals surface area contributed by atoms with Gasteiger partial charge >= 0.3 is 12.1 Å². The molecule has 1 aliphatic rings. The van der Waals surface area contributed by atoms with E-state index >= 15 is 0 Å².